The van der Waals surface area contributed by atoms with Gasteiger partial charge in [0.2, 0.25) is 5.91 Å². The number of rotatable bonds is 10. The highest BCUT2D eigenvalue weighted by Gasteiger charge is 2.15. The van der Waals surface area contributed by atoms with E-state index in [9.17, 15) is 4.79 Å². The van der Waals surface area contributed by atoms with E-state index in [4.69, 9.17) is 4.74 Å². The quantitative estimate of drug-likeness (QED) is 0.508. The van der Waals surface area contributed by atoms with Crippen LogP contribution in [0.2, 0.25) is 0 Å². The average Bonchev–Trinajstić information content (AvgIpc) is 3.18. The van der Waals surface area contributed by atoms with E-state index in [-0.39, 0.29) is 5.91 Å². The van der Waals surface area contributed by atoms with Crippen molar-refractivity contribution in [1.82, 2.24) is 20.1 Å². The number of carbonyl (C=O) groups is 1. The number of hydrogen-bond acceptors (Lipinski definition) is 5. The zero-order valence-corrected chi connectivity index (χ0v) is 17.6. The summed E-state index contributed by atoms with van der Waals surface area (Å²) in [6.07, 6.45) is 2.09. The van der Waals surface area contributed by atoms with Crippen molar-refractivity contribution in [2.75, 3.05) is 12.9 Å². The number of thioether (sulfide) groups is 1. The van der Waals surface area contributed by atoms with Crippen molar-refractivity contribution in [3.63, 3.8) is 0 Å². The fraction of sp³-hybridized carbons (Fsp3) is 0.318. The molecule has 6 nitrogen and oxygen atoms in total. The third-order valence-corrected chi connectivity index (χ3v) is 5.43. The average molecular weight is 411 g/mol. The van der Waals surface area contributed by atoms with E-state index in [1.165, 1.54) is 11.8 Å². The number of aromatic nitrogens is 3. The number of carbonyl (C=O) groups excluding carboxylic acids is 1. The molecule has 0 aliphatic carbocycles. The fourth-order valence-electron chi connectivity index (χ4n) is 2.84. The normalized spacial score (nSPS) is 10.7. The predicted octanol–water partition coefficient (Wildman–Crippen LogP) is 4.16. The molecular weight excluding hydrogens is 384 g/mol. The highest BCUT2D eigenvalue weighted by Crippen LogP contribution is 2.26. The molecule has 0 bridgehead atoms. The first-order valence-corrected chi connectivity index (χ1v) is 10.7. The van der Waals surface area contributed by atoms with E-state index >= 15 is 0 Å². The Kier molecular flexibility index (Phi) is 7.69. The Morgan fingerprint density at radius 1 is 1.10 bits per heavy atom. The van der Waals surface area contributed by atoms with E-state index in [1.807, 2.05) is 54.6 Å². The van der Waals surface area contributed by atoms with Crippen LogP contribution in [0.1, 0.15) is 25.3 Å². The third-order valence-electron chi connectivity index (χ3n) is 4.47. The van der Waals surface area contributed by atoms with Gasteiger partial charge < -0.3 is 14.6 Å². The molecule has 0 atom stereocenters. The summed E-state index contributed by atoms with van der Waals surface area (Å²) in [5.41, 5.74) is 2.06. The molecule has 0 unspecified atom stereocenters. The Bertz CT molecular complexity index is 910. The van der Waals surface area contributed by atoms with Gasteiger partial charge in [-0.15, -0.1) is 10.2 Å². The molecule has 1 heterocycles. The summed E-state index contributed by atoms with van der Waals surface area (Å²) >= 11 is 1.42. The molecule has 0 fully saturated rings. The molecule has 1 N–H and O–H groups in total. The van der Waals surface area contributed by atoms with Crippen LogP contribution in [-0.2, 0) is 17.9 Å². The lowest BCUT2D eigenvalue weighted by Gasteiger charge is -2.10. The second kappa shape index (κ2) is 10.7. The molecule has 3 aromatic rings. The number of amides is 1. The Morgan fingerprint density at radius 3 is 2.55 bits per heavy atom. The van der Waals surface area contributed by atoms with Crippen molar-refractivity contribution in [2.24, 2.45) is 0 Å². The lowest BCUT2D eigenvalue weighted by atomic mass is 10.2. The molecule has 152 valence electrons. The molecule has 1 amide bonds. The van der Waals surface area contributed by atoms with Gasteiger partial charge in [0.15, 0.2) is 11.0 Å². The first-order chi connectivity index (χ1) is 14.2. The Morgan fingerprint density at radius 2 is 1.86 bits per heavy atom. The minimum absolute atomic E-state index is 0.0186. The molecule has 0 spiro atoms. The Balaban J connectivity index is 1.66. The van der Waals surface area contributed by atoms with E-state index in [2.05, 4.69) is 27.0 Å². The third kappa shape index (κ3) is 5.84. The zero-order valence-electron chi connectivity index (χ0n) is 16.8. The van der Waals surface area contributed by atoms with Crippen LogP contribution >= 0.6 is 11.8 Å². The van der Waals surface area contributed by atoms with Crippen molar-refractivity contribution >= 4 is 17.7 Å². The van der Waals surface area contributed by atoms with Gasteiger partial charge in [0, 0.05) is 18.7 Å². The van der Waals surface area contributed by atoms with Gasteiger partial charge in [-0.25, -0.2) is 0 Å². The van der Waals surface area contributed by atoms with E-state index < -0.39 is 0 Å². The number of benzene rings is 2. The largest absolute Gasteiger partial charge is 0.497 e. The van der Waals surface area contributed by atoms with Gasteiger partial charge >= 0.3 is 0 Å². The van der Waals surface area contributed by atoms with Gasteiger partial charge in [-0.2, -0.15) is 0 Å². The first-order valence-electron chi connectivity index (χ1n) is 9.72. The molecular formula is C22H26N4O2S. The second-order valence-corrected chi connectivity index (χ2v) is 7.53. The minimum Gasteiger partial charge on any atom is -0.497 e. The van der Waals surface area contributed by atoms with Crippen molar-refractivity contribution in [2.45, 2.75) is 38.0 Å². The molecule has 0 saturated carbocycles. The van der Waals surface area contributed by atoms with Crippen LogP contribution < -0.4 is 10.1 Å². The maximum atomic E-state index is 12.3. The van der Waals surface area contributed by atoms with Crippen LogP contribution in [0.15, 0.2) is 59.8 Å². The van der Waals surface area contributed by atoms with Gasteiger partial charge in [-0.05, 0) is 36.2 Å². The van der Waals surface area contributed by atoms with E-state index in [1.54, 1.807) is 7.11 Å². The number of methoxy groups -OCH3 is 1. The molecule has 0 saturated heterocycles. The SMILES string of the molecule is CCCCn1c(SCC(=O)NCc2ccccc2)nnc1-c1ccc(OC)cc1. The summed E-state index contributed by atoms with van der Waals surface area (Å²) in [5, 5.41) is 12.4. The number of nitrogens with zero attached hydrogens (tertiary/aromatic N) is 3. The van der Waals surface area contributed by atoms with Gasteiger partial charge in [-0.3, -0.25) is 4.79 Å². The number of unbranched alkanes of at least 4 members (excludes halogenated alkanes) is 1. The number of ether oxygens (including phenoxy) is 1. The Labute approximate surface area is 175 Å². The maximum Gasteiger partial charge on any atom is 0.230 e. The monoisotopic (exact) mass is 410 g/mol. The fourth-order valence-corrected chi connectivity index (χ4v) is 3.64. The van der Waals surface area contributed by atoms with Crippen LogP contribution in [0.4, 0.5) is 0 Å². The van der Waals surface area contributed by atoms with E-state index in [0.29, 0.717) is 12.3 Å². The summed E-state index contributed by atoms with van der Waals surface area (Å²) in [6.45, 7) is 3.50. The minimum atomic E-state index is -0.0186. The lowest BCUT2D eigenvalue weighted by molar-refractivity contribution is -0.118. The van der Waals surface area contributed by atoms with Gasteiger partial charge in [0.1, 0.15) is 5.75 Å². The van der Waals surface area contributed by atoms with Crippen molar-refractivity contribution in [3.8, 4) is 17.1 Å². The highest BCUT2D eigenvalue weighted by molar-refractivity contribution is 7.99. The molecule has 7 heteroatoms. The summed E-state index contributed by atoms with van der Waals surface area (Å²) in [7, 11) is 1.65. The lowest BCUT2D eigenvalue weighted by Crippen LogP contribution is -2.24. The van der Waals surface area contributed by atoms with E-state index in [0.717, 1.165) is 47.2 Å². The smallest absolute Gasteiger partial charge is 0.230 e. The zero-order chi connectivity index (χ0) is 20.5. The van der Waals surface area contributed by atoms with Crippen molar-refractivity contribution in [1.29, 1.82) is 0 Å². The standard InChI is InChI=1S/C22H26N4O2S/c1-3-4-14-26-21(18-10-12-19(28-2)13-11-18)24-25-22(26)29-16-20(27)23-15-17-8-6-5-7-9-17/h5-13H,3-4,14-16H2,1-2H3,(H,23,27). The summed E-state index contributed by atoms with van der Waals surface area (Å²) < 4.78 is 7.33. The molecule has 0 radical (unpaired) electrons. The molecule has 0 aliphatic rings. The number of nitrogens with one attached hydrogen (secondary N) is 1. The Hall–Kier alpha value is -2.80. The van der Waals surface area contributed by atoms with Crippen LogP contribution in [0.25, 0.3) is 11.4 Å². The first kappa shape index (κ1) is 20.9. The molecule has 1 aromatic heterocycles. The summed E-state index contributed by atoms with van der Waals surface area (Å²) in [4.78, 5) is 12.3. The van der Waals surface area contributed by atoms with Gasteiger partial charge in [0.05, 0.1) is 12.9 Å². The van der Waals surface area contributed by atoms with Crippen LogP contribution in [0.3, 0.4) is 0 Å². The van der Waals surface area contributed by atoms with Crippen molar-refractivity contribution < 1.29 is 9.53 Å². The highest BCUT2D eigenvalue weighted by atomic mass is 32.2. The number of hydrogen-bond donors (Lipinski definition) is 1. The summed E-state index contributed by atoms with van der Waals surface area (Å²) in [5.74, 6) is 1.90. The van der Waals surface area contributed by atoms with Crippen LogP contribution in [-0.4, -0.2) is 33.5 Å². The molecule has 3 rings (SSSR count). The molecule has 0 aliphatic heterocycles. The van der Waals surface area contributed by atoms with Gasteiger partial charge in [-0.1, -0.05) is 55.4 Å². The van der Waals surface area contributed by atoms with Gasteiger partial charge in [0.25, 0.3) is 0 Å². The van der Waals surface area contributed by atoms with Crippen LogP contribution in [0.5, 0.6) is 5.75 Å². The van der Waals surface area contributed by atoms with Crippen LogP contribution in [0, 0.1) is 0 Å². The predicted molar refractivity (Wildman–Crippen MR) is 116 cm³/mol. The molecule has 29 heavy (non-hydrogen) atoms. The summed E-state index contributed by atoms with van der Waals surface area (Å²) in [6, 6.07) is 17.7. The molecule has 2 aromatic carbocycles. The van der Waals surface area contributed by atoms with Crippen molar-refractivity contribution in [3.05, 3.63) is 60.2 Å². The maximum absolute atomic E-state index is 12.3. The topological polar surface area (TPSA) is 69.0 Å². The second-order valence-electron chi connectivity index (χ2n) is 6.59.